The van der Waals surface area contributed by atoms with Gasteiger partial charge in [0.05, 0.1) is 17.5 Å². The van der Waals surface area contributed by atoms with E-state index >= 15 is 0 Å². The number of rotatable bonds is 1. The molecule has 14 heavy (non-hydrogen) atoms. The molecule has 2 aromatic rings. The maximum absolute atomic E-state index is 8.58. The van der Waals surface area contributed by atoms with Crippen molar-refractivity contribution in [3.63, 3.8) is 0 Å². The summed E-state index contributed by atoms with van der Waals surface area (Å²) in [4.78, 5) is 0. The number of aromatic nitrogens is 1. The molecule has 0 saturated heterocycles. The minimum absolute atomic E-state index is 0.443. The molecule has 3 heteroatoms. The van der Waals surface area contributed by atoms with Gasteiger partial charge in [0.2, 0.25) is 0 Å². The number of benzene rings is 1. The van der Waals surface area contributed by atoms with Crippen LogP contribution in [0.15, 0.2) is 24.4 Å². The topological polar surface area (TPSA) is 28.7 Å². The lowest BCUT2D eigenvalue weighted by Crippen LogP contribution is -1.86. The third kappa shape index (κ3) is 1.36. The summed E-state index contributed by atoms with van der Waals surface area (Å²) < 4.78 is 1.97. The molecule has 70 valence electrons. The molecule has 0 amide bonds. The van der Waals surface area contributed by atoms with E-state index in [2.05, 4.69) is 6.07 Å². The van der Waals surface area contributed by atoms with E-state index in [0.717, 1.165) is 21.5 Å². The first kappa shape index (κ1) is 9.11. The van der Waals surface area contributed by atoms with Crippen LogP contribution >= 0.6 is 11.6 Å². The fraction of sp³-hybridized carbons (Fsp3) is 0.182. The molecule has 2 nitrogen and oxygen atoms in total. The lowest BCUT2D eigenvalue weighted by Gasteiger charge is -1.98. The van der Waals surface area contributed by atoms with Crippen LogP contribution < -0.4 is 0 Å². The number of hydrogen-bond acceptors (Lipinski definition) is 1. The average molecular weight is 205 g/mol. The van der Waals surface area contributed by atoms with Crippen molar-refractivity contribution in [1.82, 2.24) is 4.57 Å². The van der Waals surface area contributed by atoms with Crippen molar-refractivity contribution in [1.29, 1.82) is 5.26 Å². The molecule has 0 aliphatic rings. The van der Waals surface area contributed by atoms with Gasteiger partial charge in [-0.15, -0.1) is 0 Å². The third-order valence-electron chi connectivity index (χ3n) is 2.29. The SMILES string of the molecule is Cn1cc(Cl)c2ccc(CC#N)cc21. The zero-order chi connectivity index (χ0) is 10.1. The molecule has 0 unspecified atom stereocenters. The number of fused-ring (bicyclic) bond motifs is 1. The van der Waals surface area contributed by atoms with Crippen LogP contribution in [0.4, 0.5) is 0 Å². The van der Waals surface area contributed by atoms with Gasteiger partial charge in [-0.05, 0) is 11.6 Å². The van der Waals surface area contributed by atoms with Gasteiger partial charge in [0, 0.05) is 24.1 Å². The zero-order valence-corrected chi connectivity index (χ0v) is 8.54. The lowest BCUT2D eigenvalue weighted by atomic mass is 10.1. The van der Waals surface area contributed by atoms with Crippen LogP contribution in [0.2, 0.25) is 5.02 Å². The lowest BCUT2D eigenvalue weighted by molar-refractivity contribution is 0.968. The fourth-order valence-electron chi connectivity index (χ4n) is 1.58. The maximum Gasteiger partial charge on any atom is 0.0669 e. The van der Waals surface area contributed by atoms with Gasteiger partial charge in [0.15, 0.2) is 0 Å². The van der Waals surface area contributed by atoms with Gasteiger partial charge in [-0.25, -0.2) is 0 Å². The summed E-state index contributed by atoms with van der Waals surface area (Å²) in [7, 11) is 1.95. The van der Waals surface area contributed by atoms with Crippen molar-refractivity contribution in [3.8, 4) is 6.07 Å². The highest BCUT2D eigenvalue weighted by Crippen LogP contribution is 2.25. The van der Waals surface area contributed by atoms with E-state index in [4.69, 9.17) is 16.9 Å². The second kappa shape index (κ2) is 3.36. The summed E-state index contributed by atoms with van der Waals surface area (Å²) in [6.07, 6.45) is 2.32. The van der Waals surface area contributed by atoms with Gasteiger partial charge < -0.3 is 4.57 Å². The van der Waals surface area contributed by atoms with Crippen LogP contribution in [0.5, 0.6) is 0 Å². The Balaban J connectivity index is 2.66. The maximum atomic E-state index is 8.58. The Morgan fingerprint density at radius 3 is 3.00 bits per heavy atom. The monoisotopic (exact) mass is 204 g/mol. The Kier molecular flexibility index (Phi) is 2.18. The Bertz CT molecular complexity index is 520. The summed E-state index contributed by atoms with van der Waals surface area (Å²) in [5.74, 6) is 0. The molecule has 1 heterocycles. The first-order valence-corrected chi connectivity index (χ1v) is 4.70. The summed E-state index contributed by atoms with van der Waals surface area (Å²) in [5, 5.41) is 10.4. The van der Waals surface area contributed by atoms with Crippen LogP contribution in [0, 0.1) is 11.3 Å². The zero-order valence-electron chi connectivity index (χ0n) is 7.79. The van der Waals surface area contributed by atoms with Gasteiger partial charge in [-0.2, -0.15) is 5.26 Å². The summed E-state index contributed by atoms with van der Waals surface area (Å²) in [6.45, 7) is 0. The van der Waals surface area contributed by atoms with Crippen LogP contribution in [0.3, 0.4) is 0 Å². The van der Waals surface area contributed by atoms with Crippen LogP contribution in [-0.2, 0) is 13.5 Å². The van der Waals surface area contributed by atoms with Crippen molar-refractivity contribution in [3.05, 3.63) is 35.0 Å². The quantitative estimate of drug-likeness (QED) is 0.702. The van der Waals surface area contributed by atoms with E-state index in [1.807, 2.05) is 36.0 Å². The fourth-order valence-corrected chi connectivity index (χ4v) is 1.89. The molecule has 0 radical (unpaired) electrons. The second-order valence-corrected chi connectivity index (χ2v) is 3.68. The van der Waals surface area contributed by atoms with Gasteiger partial charge in [0.1, 0.15) is 0 Å². The Morgan fingerprint density at radius 1 is 1.50 bits per heavy atom. The number of nitrogens with zero attached hydrogens (tertiary/aromatic N) is 2. The normalized spacial score (nSPS) is 10.4. The minimum atomic E-state index is 0.443. The second-order valence-electron chi connectivity index (χ2n) is 3.27. The standard InChI is InChI=1S/C11H9ClN2/c1-14-7-10(12)9-3-2-8(4-5-13)6-11(9)14/h2-3,6-7H,4H2,1H3. The molecule has 0 spiro atoms. The van der Waals surface area contributed by atoms with Crippen molar-refractivity contribution in [2.45, 2.75) is 6.42 Å². The molecule has 0 bridgehead atoms. The summed E-state index contributed by atoms with van der Waals surface area (Å²) in [6, 6.07) is 8.04. The molecule has 1 aromatic heterocycles. The average Bonchev–Trinajstić information content (AvgIpc) is 2.43. The van der Waals surface area contributed by atoms with Crippen LogP contribution in [0.1, 0.15) is 5.56 Å². The minimum Gasteiger partial charge on any atom is -0.349 e. The van der Waals surface area contributed by atoms with Gasteiger partial charge in [0.25, 0.3) is 0 Å². The largest absolute Gasteiger partial charge is 0.349 e. The number of aryl methyl sites for hydroxylation is 1. The first-order chi connectivity index (χ1) is 6.72. The molecule has 0 aliphatic heterocycles. The van der Waals surface area contributed by atoms with Crippen LogP contribution in [0.25, 0.3) is 10.9 Å². The van der Waals surface area contributed by atoms with Crippen molar-refractivity contribution in [2.75, 3.05) is 0 Å². The van der Waals surface area contributed by atoms with Crippen molar-refractivity contribution >= 4 is 22.5 Å². The van der Waals surface area contributed by atoms with E-state index in [1.54, 1.807) is 0 Å². The number of halogens is 1. The predicted octanol–water partition coefficient (Wildman–Crippen LogP) is 2.90. The Hall–Kier alpha value is -1.46. The summed E-state index contributed by atoms with van der Waals surface area (Å²) in [5.41, 5.74) is 2.10. The molecule has 0 fully saturated rings. The highest BCUT2D eigenvalue weighted by Gasteiger charge is 2.04. The smallest absolute Gasteiger partial charge is 0.0669 e. The Labute approximate surface area is 87.3 Å². The van der Waals surface area contributed by atoms with E-state index in [1.165, 1.54) is 0 Å². The first-order valence-electron chi connectivity index (χ1n) is 4.33. The van der Waals surface area contributed by atoms with Gasteiger partial charge in [-0.3, -0.25) is 0 Å². The summed E-state index contributed by atoms with van der Waals surface area (Å²) >= 11 is 6.02. The molecule has 0 aliphatic carbocycles. The van der Waals surface area contributed by atoms with Crippen LogP contribution in [-0.4, -0.2) is 4.57 Å². The Morgan fingerprint density at radius 2 is 2.29 bits per heavy atom. The third-order valence-corrected chi connectivity index (χ3v) is 2.59. The molecule has 0 atom stereocenters. The van der Waals surface area contributed by atoms with Crippen molar-refractivity contribution < 1.29 is 0 Å². The van der Waals surface area contributed by atoms with E-state index in [0.29, 0.717) is 6.42 Å². The highest BCUT2D eigenvalue weighted by atomic mass is 35.5. The van der Waals surface area contributed by atoms with Gasteiger partial charge in [-0.1, -0.05) is 23.7 Å². The van der Waals surface area contributed by atoms with E-state index in [-0.39, 0.29) is 0 Å². The molecular weight excluding hydrogens is 196 g/mol. The molecular formula is C11H9ClN2. The van der Waals surface area contributed by atoms with Crippen molar-refractivity contribution in [2.24, 2.45) is 7.05 Å². The molecule has 0 N–H and O–H groups in total. The predicted molar refractivity (Wildman–Crippen MR) is 57.2 cm³/mol. The molecule has 2 rings (SSSR count). The van der Waals surface area contributed by atoms with E-state index < -0.39 is 0 Å². The molecule has 1 aromatic carbocycles. The highest BCUT2D eigenvalue weighted by molar-refractivity contribution is 6.35. The van der Waals surface area contributed by atoms with E-state index in [9.17, 15) is 0 Å². The number of nitriles is 1. The van der Waals surface area contributed by atoms with Gasteiger partial charge >= 0.3 is 0 Å². The number of hydrogen-bond donors (Lipinski definition) is 0. The molecule has 0 saturated carbocycles.